The van der Waals surface area contributed by atoms with Gasteiger partial charge in [-0.2, -0.15) is 0 Å². The number of likely N-dealkylation sites (N-methyl/N-ethyl adjacent to an activating group) is 1. The summed E-state index contributed by atoms with van der Waals surface area (Å²) in [7, 11) is 1.93. The molecule has 0 fully saturated rings. The van der Waals surface area contributed by atoms with Crippen molar-refractivity contribution in [2.24, 2.45) is 0 Å². The van der Waals surface area contributed by atoms with E-state index in [1.165, 1.54) is 0 Å². The molecule has 3 nitrogen and oxygen atoms in total. The maximum Gasteiger partial charge on any atom is 0.141 e. The zero-order valence-electron chi connectivity index (χ0n) is 8.59. The van der Waals surface area contributed by atoms with Crippen LogP contribution >= 0.6 is 0 Å². The van der Waals surface area contributed by atoms with Crippen LogP contribution < -0.4 is 5.32 Å². The van der Waals surface area contributed by atoms with Gasteiger partial charge in [0.15, 0.2) is 0 Å². The van der Waals surface area contributed by atoms with Gasteiger partial charge < -0.3 is 9.84 Å². The highest BCUT2D eigenvalue weighted by molar-refractivity contribution is 5.53. The van der Waals surface area contributed by atoms with Crippen molar-refractivity contribution in [1.82, 2.24) is 10.5 Å². The van der Waals surface area contributed by atoms with E-state index in [0.717, 1.165) is 17.0 Å². The predicted molar refractivity (Wildman–Crippen MR) is 53.5 cm³/mol. The molecule has 1 unspecified atom stereocenters. The molecule has 0 bridgehead atoms. The minimum Gasteiger partial charge on any atom is -0.361 e. The smallest absolute Gasteiger partial charge is 0.141 e. The van der Waals surface area contributed by atoms with Crippen LogP contribution in [0.4, 0.5) is 0 Å². The molecule has 0 saturated heterocycles. The van der Waals surface area contributed by atoms with Crippen molar-refractivity contribution in [2.45, 2.75) is 26.8 Å². The van der Waals surface area contributed by atoms with E-state index in [4.69, 9.17) is 4.52 Å². The molecule has 1 N–H and O–H groups in total. The van der Waals surface area contributed by atoms with E-state index >= 15 is 0 Å². The number of nitrogens with zero attached hydrogens (tertiary/aromatic N) is 1. The Morgan fingerprint density at radius 1 is 1.46 bits per heavy atom. The fourth-order valence-corrected chi connectivity index (χ4v) is 1.06. The van der Waals surface area contributed by atoms with Gasteiger partial charge in [-0.05, 0) is 27.8 Å². The van der Waals surface area contributed by atoms with Crippen molar-refractivity contribution in [3.63, 3.8) is 0 Å². The summed E-state index contributed by atoms with van der Waals surface area (Å²) in [6.07, 6.45) is 4.13. The van der Waals surface area contributed by atoms with E-state index in [-0.39, 0.29) is 0 Å². The van der Waals surface area contributed by atoms with Crippen molar-refractivity contribution >= 4 is 6.08 Å². The lowest BCUT2D eigenvalue weighted by Gasteiger charge is -2.01. The van der Waals surface area contributed by atoms with E-state index in [0.29, 0.717) is 6.04 Å². The number of nitrogens with one attached hydrogen (secondary N) is 1. The van der Waals surface area contributed by atoms with Crippen LogP contribution in [0.3, 0.4) is 0 Å². The van der Waals surface area contributed by atoms with Gasteiger partial charge in [0.25, 0.3) is 0 Å². The largest absolute Gasteiger partial charge is 0.361 e. The second-order valence-corrected chi connectivity index (χ2v) is 3.17. The Labute approximate surface area is 78.8 Å². The first-order valence-corrected chi connectivity index (χ1v) is 4.43. The van der Waals surface area contributed by atoms with Crippen molar-refractivity contribution in [1.29, 1.82) is 0 Å². The summed E-state index contributed by atoms with van der Waals surface area (Å²) in [6.45, 7) is 5.96. The Kier molecular flexibility index (Phi) is 3.25. The Hall–Kier alpha value is -1.09. The van der Waals surface area contributed by atoms with Crippen LogP contribution in [0, 0.1) is 13.8 Å². The molecule has 13 heavy (non-hydrogen) atoms. The topological polar surface area (TPSA) is 38.1 Å². The van der Waals surface area contributed by atoms with Crippen molar-refractivity contribution in [3.05, 3.63) is 23.1 Å². The highest BCUT2D eigenvalue weighted by Crippen LogP contribution is 2.13. The number of hydrogen-bond donors (Lipinski definition) is 1. The lowest BCUT2D eigenvalue weighted by Crippen LogP contribution is -2.17. The number of hydrogen-bond acceptors (Lipinski definition) is 3. The molecule has 3 heteroatoms. The molecule has 0 saturated carbocycles. The first-order chi connectivity index (χ1) is 6.15. The van der Waals surface area contributed by atoms with E-state index in [1.807, 2.05) is 27.0 Å². The third-order valence-corrected chi connectivity index (χ3v) is 2.10. The summed E-state index contributed by atoms with van der Waals surface area (Å²) in [5, 5.41) is 7.00. The Balaban J connectivity index is 2.78. The summed E-state index contributed by atoms with van der Waals surface area (Å²) in [6, 6.07) is 0.369. The fraction of sp³-hybridized carbons (Fsp3) is 0.500. The highest BCUT2D eigenvalue weighted by Gasteiger charge is 2.04. The highest BCUT2D eigenvalue weighted by atomic mass is 16.5. The van der Waals surface area contributed by atoms with E-state index in [9.17, 15) is 0 Å². The Morgan fingerprint density at radius 3 is 2.62 bits per heavy atom. The van der Waals surface area contributed by atoms with E-state index in [2.05, 4.69) is 23.5 Å². The summed E-state index contributed by atoms with van der Waals surface area (Å²) in [5.41, 5.74) is 2.03. The van der Waals surface area contributed by atoms with Crippen LogP contribution in [0.2, 0.25) is 0 Å². The number of rotatable bonds is 3. The average Bonchev–Trinajstić information content (AvgIpc) is 2.43. The lowest BCUT2D eigenvalue weighted by molar-refractivity contribution is 0.393. The molecular weight excluding hydrogens is 164 g/mol. The van der Waals surface area contributed by atoms with Gasteiger partial charge in [-0.3, -0.25) is 0 Å². The second-order valence-electron chi connectivity index (χ2n) is 3.17. The van der Waals surface area contributed by atoms with Gasteiger partial charge in [0.1, 0.15) is 5.76 Å². The summed E-state index contributed by atoms with van der Waals surface area (Å²) in [5.74, 6) is 0.872. The normalized spacial score (nSPS) is 13.8. The van der Waals surface area contributed by atoms with Gasteiger partial charge in [0.2, 0.25) is 0 Å². The minimum absolute atomic E-state index is 0.369. The molecule has 0 aliphatic heterocycles. The van der Waals surface area contributed by atoms with Crippen LogP contribution in [0.1, 0.15) is 23.9 Å². The number of aromatic nitrogens is 1. The van der Waals surface area contributed by atoms with Gasteiger partial charge in [-0.25, -0.2) is 0 Å². The molecular formula is C10H16N2O. The summed E-state index contributed by atoms with van der Waals surface area (Å²) < 4.78 is 5.04. The molecule has 0 aliphatic rings. The van der Waals surface area contributed by atoms with Crippen LogP contribution in [-0.4, -0.2) is 18.2 Å². The molecule has 1 heterocycles. The molecule has 0 amide bonds. The molecule has 1 aromatic heterocycles. The van der Waals surface area contributed by atoms with Gasteiger partial charge >= 0.3 is 0 Å². The first-order valence-electron chi connectivity index (χ1n) is 4.43. The van der Waals surface area contributed by atoms with Crippen LogP contribution in [0.25, 0.3) is 6.08 Å². The summed E-state index contributed by atoms with van der Waals surface area (Å²) >= 11 is 0. The van der Waals surface area contributed by atoms with Crippen molar-refractivity contribution in [3.8, 4) is 0 Å². The van der Waals surface area contributed by atoms with E-state index < -0.39 is 0 Å². The lowest BCUT2D eigenvalue weighted by atomic mass is 10.1. The quantitative estimate of drug-likeness (QED) is 0.772. The third-order valence-electron chi connectivity index (χ3n) is 2.10. The molecule has 1 atom stereocenters. The zero-order valence-corrected chi connectivity index (χ0v) is 8.59. The Bertz CT molecular complexity index is 282. The van der Waals surface area contributed by atoms with Gasteiger partial charge in [-0.1, -0.05) is 17.3 Å². The SMILES string of the molecule is CNC(C)/C=C/c1c(C)noc1C. The monoisotopic (exact) mass is 180 g/mol. The van der Waals surface area contributed by atoms with Crippen LogP contribution in [0.5, 0.6) is 0 Å². The molecule has 0 spiro atoms. The van der Waals surface area contributed by atoms with Crippen LogP contribution in [-0.2, 0) is 0 Å². The Morgan fingerprint density at radius 2 is 2.15 bits per heavy atom. The molecule has 72 valence electrons. The minimum atomic E-state index is 0.369. The predicted octanol–water partition coefficient (Wildman–Crippen LogP) is 1.91. The molecule has 0 aliphatic carbocycles. The van der Waals surface area contributed by atoms with Crippen LogP contribution in [0.15, 0.2) is 10.6 Å². The maximum atomic E-state index is 5.04. The van der Waals surface area contributed by atoms with Gasteiger partial charge in [0.05, 0.1) is 5.69 Å². The summed E-state index contributed by atoms with van der Waals surface area (Å²) in [4.78, 5) is 0. The molecule has 1 aromatic rings. The van der Waals surface area contributed by atoms with Crippen molar-refractivity contribution in [2.75, 3.05) is 7.05 Å². The van der Waals surface area contributed by atoms with Gasteiger partial charge in [0, 0.05) is 11.6 Å². The third kappa shape index (κ3) is 2.42. The fourth-order valence-electron chi connectivity index (χ4n) is 1.06. The maximum absolute atomic E-state index is 5.04. The molecule has 0 aromatic carbocycles. The van der Waals surface area contributed by atoms with E-state index in [1.54, 1.807) is 0 Å². The molecule has 0 radical (unpaired) electrons. The second kappa shape index (κ2) is 4.23. The number of aryl methyl sites for hydroxylation is 2. The van der Waals surface area contributed by atoms with Gasteiger partial charge in [-0.15, -0.1) is 0 Å². The first kappa shape index (κ1) is 9.99. The standard InChI is InChI=1S/C10H16N2O/c1-7(11-4)5-6-10-8(2)12-13-9(10)3/h5-7,11H,1-4H3/b6-5+. The average molecular weight is 180 g/mol. The van der Waals surface area contributed by atoms with Crippen molar-refractivity contribution < 1.29 is 4.52 Å². The zero-order chi connectivity index (χ0) is 9.84. The molecule has 1 rings (SSSR count).